The van der Waals surface area contributed by atoms with Gasteiger partial charge in [0.15, 0.2) is 0 Å². The third-order valence-electron chi connectivity index (χ3n) is 0.802. The van der Waals surface area contributed by atoms with E-state index >= 15 is 0 Å². The summed E-state index contributed by atoms with van der Waals surface area (Å²) in [5, 5.41) is 2.85. The van der Waals surface area contributed by atoms with Crippen molar-refractivity contribution in [3.05, 3.63) is 0 Å². The van der Waals surface area contributed by atoms with E-state index in [0.717, 1.165) is 5.71 Å². The SMILES string of the molecule is CNCN=C(C)C(Cl)Cl. The summed E-state index contributed by atoms with van der Waals surface area (Å²) >= 11 is 10.9. The zero-order valence-electron chi connectivity index (χ0n) is 5.49. The predicted molar refractivity (Wildman–Crippen MR) is 42.5 cm³/mol. The lowest BCUT2D eigenvalue weighted by molar-refractivity contribution is 0.833. The summed E-state index contributed by atoms with van der Waals surface area (Å²) in [5.74, 6) is 0. The Labute approximate surface area is 65.3 Å². The van der Waals surface area contributed by atoms with Crippen LogP contribution in [0.25, 0.3) is 0 Å². The molecule has 0 radical (unpaired) electrons. The molecule has 0 saturated heterocycles. The molecular weight excluding hydrogens is 159 g/mol. The molecule has 0 aliphatic carbocycles. The van der Waals surface area contributed by atoms with Gasteiger partial charge in [0.05, 0.1) is 6.67 Å². The first-order chi connectivity index (χ1) is 4.18. The molecule has 0 fully saturated rings. The fourth-order valence-corrected chi connectivity index (χ4v) is 0.411. The molecule has 0 bridgehead atoms. The normalized spacial score (nSPS) is 12.8. The topological polar surface area (TPSA) is 24.4 Å². The van der Waals surface area contributed by atoms with Crippen LogP contribution in [0.15, 0.2) is 4.99 Å². The Hall–Kier alpha value is 0.210. The maximum atomic E-state index is 5.47. The Bertz CT molecular complexity index is 101. The standard InChI is InChI=1S/C5H10Cl2N2/c1-4(5(6)7)9-3-8-2/h5,8H,3H2,1-2H3. The van der Waals surface area contributed by atoms with Gasteiger partial charge in [0.2, 0.25) is 0 Å². The fourth-order valence-electron chi connectivity index (χ4n) is 0.273. The van der Waals surface area contributed by atoms with Crippen LogP contribution in [0.4, 0.5) is 0 Å². The number of rotatable bonds is 3. The van der Waals surface area contributed by atoms with Crippen LogP contribution in [-0.2, 0) is 0 Å². The monoisotopic (exact) mass is 168 g/mol. The zero-order valence-corrected chi connectivity index (χ0v) is 7.00. The van der Waals surface area contributed by atoms with Crippen LogP contribution in [0.5, 0.6) is 0 Å². The molecule has 0 amide bonds. The Morgan fingerprint density at radius 2 is 2.22 bits per heavy atom. The molecule has 0 spiro atoms. The molecular formula is C5H10Cl2N2. The van der Waals surface area contributed by atoms with Crippen molar-refractivity contribution in [2.75, 3.05) is 13.7 Å². The quantitative estimate of drug-likeness (QED) is 0.501. The van der Waals surface area contributed by atoms with Gasteiger partial charge < -0.3 is 5.32 Å². The van der Waals surface area contributed by atoms with Crippen LogP contribution in [0.3, 0.4) is 0 Å². The summed E-state index contributed by atoms with van der Waals surface area (Å²) < 4.78 is 0. The molecule has 0 heterocycles. The first-order valence-electron chi connectivity index (χ1n) is 2.62. The fraction of sp³-hybridized carbons (Fsp3) is 0.800. The van der Waals surface area contributed by atoms with E-state index in [1.165, 1.54) is 0 Å². The second-order valence-electron chi connectivity index (χ2n) is 1.61. The molecule has 2 nitrogen and oxygen atoms in total. The summed E-state index contributed by atoms with van der Waals surface area (Å²) in [6.07, 6.45) is 0. The van der Waals surface area contributed by atoms with Gasteiger partial charge in [0.25, 0.3) is 0 Å². The van der Waals surface area contributed by atoms with E-state index in [1.54, 1.807) is 6.92 Å². The molecule has 0 aliphatic heterocycles. The van der Waals surface area contributed by atoms with Gasteiger partial charge in [-0.05, 0) is 14.0 Å². The Kier molecular flexibility index (Phi) is 5.15. The third-order valence-corrected chi connectivity index (χ3v) is 1.43. The lowest BCUT2D eigenvalue weighted by atomic mass is 10.5. The Morgan fingerprint density at radius 1 is 1.67 bits per heavy atom. The van der Waals surface area contributed by atoms with Crippen molar-refractivity contribution in [1.29, 1.82) is 0 Å². The van der Waals surface area contributed by atoms with Crippen molar-refractivity contribution in [1.82, 2.24) is 5.32 Å². The van der Waals surface area contributed by atoms with Crippen molar-refractivity contribution in [2.24, 2.45) is 4.99 Å². The Balaban J connectivity index is 3.55. The van der Waals surface area contributed by atoms with Gasteiger partial charge in [-0.2, -0.15) is 0 Å². The van der Waals surface area contributed by atoms with Crippen LogP contribution in [0.2, 0.25) is 0 Å². The van der Waals surface area contributed by atoms with Gasteiger partial charge in [-0.25, -0.2) is 0 Å². The van der Waals surface area contributed by atoms with E-state index in [1.807, 2.05) is 7.05 Å². The van der Waals surface area contributed by atoms with E-state index in [4.69, 9.17) is 23.2 Å². The number of nitrogens with one attached hydrogen (secondary N) is 1. The molecule has 0 aromatic carbocycles. The lowest BCUT2D eigenvalue weighted by Crippen LogP contribution is -2.10. The number of halogens is 2. The molecule has 1 N–H and O–H groups in total. The van der Waals surface area contributed by atoms with Crippen LogP contribution < -0.4 is 5.32 Å². The minimum absolute atomic E-state index is 0.474. The molecule has 0 saturated carbocycles. The van der Waals surface area contributed by atoms with Crippen molar-refractivity contribution < 1.29 is 0 Å². The maximum Gasteiger partial charge on any atom is 0.145 e. The molecule has 9 heavy (non-hydrogen) atoms. The zero-order chi connectivity index (χ0) is 7.28. The number of aliphatic imine (C=N–C) groups is 1. The smallest absolute Gasteiger partial charge is 0.145 e. The third kappa shape index (κ3) is 4.70. The van der Waals surface area contributed by atoms with Crippen molar-refractivity contribution >= 4 is 28.9 Å². The average molecular weight is 169 g/mol. The van der Waals surface area contributed by atoms with Crippen molar-refractivity contribution in [3.63, 3.8) is 0 Å². The van der Waals surface area contributed by atoms with Gasteiger partial charge in [0.1, 0.15) is 4.84 Å². The number of hydrogen-bond acceptors (Lipinski definition) is 2. The maximum absolute atomic E-state index is 5.47. The van der Waals surface area contributed by atoms with E-state index in [-0.39, 0.29) is 0 Å². The lowest BCUT2D eigenvalue weighted by Gasteiger charge is -1.98. The van der Waals surface area contributed by atoms with Crippen LogP contribution in [0, 0.1) is 0 Å². The molecule has 0 atom stereocenters. The van der Waals surface area contributed by atoms with Gasteiger partial charge in [-0.1, -0.05) is 23.2 Å². The molecule has 0 rings (SSSR count). The number of alkyl halides is 2. The van der Waals surface area contributed by atoms with E-state index < -0.39 is 4.84 Å². The highest BCUT2D eigenvalue weighted by atomic mass is 35.5. The number of nitrogens with zero attached hydrogens (tertiary/aromatic N) is 1. The molecule has 0 aromatic rings. The van der Waals surface area contributed by atoms with Gasteiger partial charge in [0, 0.05) is 5.71 Å². The van der Waals surface area contributed by atoms with E-state index in [9.17, 15) is 0 Å². The van der Waals surface area contributed by atoms with Gasteiger partial charge >= 0.3 is 0 Å². The highest BCUT2D eigenvalue weighted by Crippen LogP contribution is 2.03. The Morgan fingerprint density at radius 3 is 2.56 bits per heavy atom. The van der Waals surface area contributed by atoms with Crippen LogP contribution >= 0.6 is 23.2 Å². The first kappa shape index (κ1) is 9.21. The summed E-state index contributed by atoms with van der Waals surface area (Å²) in [6, 6.07) is 0. The van der Waals surface area contributed by atoms with E-state index in [2.05, 4.69) is 10.3 Å². The molecule has 0 unspecified atom stereocenters. The molecule has 4 heteroatoms. The second kappa shape index (κ2) is 5.03. The minimum atomic E-state index is -0.474. The predicted octanol–water partition coefficient (Wildman–Crippen LogP) is 1.43. The van der Waals surface area contributed by atoms with Crippen LogP contribution in [0.1, 0.15) is 6.92 Å². The summed E-state index contributed by atoms with van der Waals surface area (Å²) in [5.41, 5.74) is 0.743. The first-order valence-corrected chi connectivity index (χ1v) is 3.49. The molecule has 54 valence electrons. The van der Waals surface area contributed by atoms with Crippen molar-refractivity contribution in [3.8, 4) is 0 Å². The van der Waals surface area contributed by atoms with Gasteiger partial charge in [-0.3, -0.25) is 4.99 Å². The average Bonchev–Trinajstić information content (AvgIpc) is 1.82. The van der Waals surface area contributed by atoms with Crippen molar-refractivity contribution in [2.45, 2.75) is 11.8 Å². The minimum Gasteiger partial charge on any atom is -0.301 e. The summed E-state index contributed by atoms with van der Waals surface area (Å²) in [6.45, 7) is 2.36. The highest BCUT2D eigenvalue weighted by Gasteiger charge is 2.00. The largest absolute Gasteiger partial charge is 0.301 e. The summed E-state index contributed by atoms with van der Waals surface area (Å²) in [4.78, 5) is 3.51. The summed E-state index contributed by atoms with van der Waals surface area (Å²) in [7, 11) is 1.81. The van der Waals surface area contributed by atoms with Crippen LogP contribution in [-0.4, -0.2) is 24.3 Å². The van der Waals surface area contributed by atoms with Gasteiger partial charge in [-0.15, -0.1) is 0 Å². The number of hydrogen-bond donors (Lipinski definition) is 1. The second-order valence-corrected chi connectivity index (χ2v) is 2.71. The molecule has 0 aromatic heterocycles. The highest BCUT2D eigenvalue weighted by molar-refractivity contribution is 6.54. The van der Waals surface area contributed by atoms with E-state index in [0.29, 0.717) is 6.67 Å². The molecule has 0 aliphatic rings.